The number of nitrogens with one attached hydrogen (secondary N) is 2. The normalized spacial score (nSPS) is 24.5. The van der Waals surface area contributed by atoms with Gasteiger partial charge in [-0.25, -0.2) is 0 Å². The first kappa shape index (κ1) is 22.4. The Morgan fingerprint density at radius 1 is 1.13 bits per heavy atom. The van der Waals surface area contributed by atoms with Crippen molar-refractivity contribution in [2.45, 2.75) is 63.5 Å². The van der Waals surface area contributed by atoms with E-state index < -0.39 is 0 Å². The fourth-order valence-corrected chi connectivity index (χ4v) is 5.37. The lowest BCUT2D eigenvalue weighted by Crippen LogP contribution is -2.46. The second-order valence-electron chi connectivity index (χ2n) is 9.54. The molecule has 2 fully saturated rings. The standard InChI is InChI=1S/C25H41N5O/c1-3-26-24(27-14-8-16-30-17-9-15-29(2)18-19-30)28-22-20-25(12-6-7-13-25)31-23-11-5-4-10-21(22)23/h4-5,10-11,22H,3,6-9,12-20H2,1-2H3,(H2,26,27,28). The van der Waals surface area contributed by atoms with Gasteiger partial charge in [0.05, 0.1) is 6.04 Å². The largest absolute Gasteiger partial charge is 0.487 e. The van der Waals surface area contributed by atoms with E-state index in [9.17, 15) is 0 Å². The number of aliphatic imine (C=N–C) groups is 1. The first-order valence-corrected chi connectivity index (χ1v) is 12.4. The average molecular weight is 428 g/mol. The highest BCUT2D eigenvalue weighted by Crippen LogP contribution is 2.46. The molecule has 1 aromatic rings. The summed E-state index contributed by atoms with van der Waals surface area (Å²) >= 11 is 0. The lowest BCUT2D eigenvalue weighted by atomic mass is 9.86. The molecule has 31 heavy (non-hydrogen) atoms. The van der Waals surface area contributed by atoms with Crippen molar-refractivity contribution in [3.8, 4) is 5.75 Å². The van der Waals surface area contributed by atoms with Gasteiger partial charge in [0.15, 0.2) is 5.96 Å². The minimum absolute atomic E-state index is 0.00325. The number of rotatable bonds is 6. The van der Waals surface area contributed by atoms with Gasteiger partial charge in [0, 0.05) is 38.2 Å². The van der Waals surface area contributed by atoms with Crippen LogP contribution in [0.5, 0.6) is 5.75 Å². The molecule has 1 spiro atoms. The van der Waals surface area contributed by atoms with Crippen LogP contribution in [0.15, 0.2) is 29.3 Å². The van der Waals surface area contributed by atoms with Crippen LogP contribution in [-0.2, 0) is 0 Å². The van der Waals surface area contributed by atoms with Crippen LogP contribution in [0.1, 0.15) is 63.5 Å². The molecule has 172 valence electrons. The van der Waals surface area contributed by atoms with Gasteiger partial charge in [-0.1, -0.05) is 18.2 Å². The molecule has 0 aromatic heterocycles. The van der Waals surface area contributed by atoms with Crippen LogP contribution in [-0.4, -0.2) is 74.2 Å². The maximum absolute atomic E-state index is 6.53. The smallest absolute Gasteiger partial charge is 0.191 e. The molecule has 0 amide bonds. The molecule has 3 aliphatic rings. The molecule has 2 aliphatic heterocycles. The van der Waals surface area contributed by atoms with Crippen molar-refractivity contribution in [3.63, 3.8) is 0 Å². The van der Waals surface area contributed by atoms with Crippen LogP contribution < -0.4 is 15.4 Å². The van der Waals surface area contributed by atoms with Crippen molar-refractivity contribution in [1.29, 1.82) is 0 Å². The van der Waals surface area contributed by atoms with Gasteiger partial charge in [-0.2, -0.15) is 0 Å². The van der Waals surface area contributed by atoms with E-state index in [0.29, 0.717) is 0 Å². The number of hydrogen-bond donors (Lipinski definition) is 2. The van der Waals surface area contributed by atoms with Crippen LogP contribution in [0.3, 0.4) is 0 Å². The van der Waals surface area contributed by atoms with Crippen LogP contribution in [0.2, 0.25) is 0 Å². The van der Waals surface area contributed by atoms with Gasteiger partial charge in [0.2, 0.25) is 0 Å². The number of fused-ring (bicyclic) bond motifs is 1. The number of ether oxygens (including phenoxy) is 1. The second-order valence-corrected chi connectivity index (χ2v) is 9.54. The molecule has 0 radical (unpaired) electrons. The van der Waals surface area contributed by atoms with Gasteiger partial charge in [0.1, 0.15) is 11.4 Å². The van der Waals surface area contributed by atoms with Crippen LogP contribution in [0, 0.1) is 0 Å². The fraction of sp³-hybridized carbons (Fsp3) is 0.720. The Bertz CT molecular complexity index is 730. The van der Waals surface area contributed by atoms with Crippen molar-refractivity contribution in [2.24, 2.45) is 4.99 Å². The predicted molar refractivity (Wildman–Crippen MR) is 128 cm³/mol. The summed E-state index contributed by atoms with van der Waals surface area (Å²) in [7, 11) is 2.23. The van der Waals surface area contributed by atoms with Gasteiger partial charge >= 0.3 is 0 Å². The maximum Gasteiger partial charge on any atom is 0.191 e. The van der Waals surface area contributed by atoms with E-state index in [1.54, 1.807) is 0 Å². The zero-order valence-corrected chi connectivity index (χ0v) is 19.5. The van der Waals surface area contributed by atoms with Crippen LogP contribution in [0.4, 0.5) is 0 Å². The number of guanidine groups is 1. The summed E-state index contributed by atoms with van der Waals surface area (Å²) in [4.78, 5) is 9.97. The first-order valence-electron chi connectivity index (χ1n) is 12.4. The molecule has 1 aromatic carbocycles. The molecule has 4 rings (SSSR count). The Morgan fingerprint density at radius 3 is 2.81 bits per heavy atom. The van der Waals surface area contributed by atoms with Gasteiger partial charge in [-0.3, -0.25) is 4.99 Å². The first-order chi connectivity index (χ1) is 15.2. The summed E-state index contributed by atoms with van der Waals surface area (Å²) in [5, 5.41) is 7.23. The van der Waals surface area contributed by atoms with E-state index >= 15 is 0 Å². The molecular formula is C25H41N5O. The highest BCUT2D eigenvalue weighted by Gasteiger charge is 2.43. The van der Waals surface area contributed by atoms with Crippen molar-refractivity contribution in [3.05, 3.63) is 29.8 Å². The maximum atomic E-state index is 6.53. The van der Waals surface area contributed by atoms with Gasteiger partial charge < -0.3 is 25.2 Å². The Kier molecular flexibility index (Phi) is 7.72. The molecule has 1 atom stereocenters. The van der Waals surface area contributed by atoms with Crippen molar-refractivity contribution < 1.29 is 4.74 Å². The van der Waals surface area contributed by atoms with Crippen LogP contribution >= 0.6 is 0 Å². The lowest BCUT2D eigenvalue weighted by Gasteiger charge is -2.40. The van der Waals surface area contributed by atoms with Gasteiger partial charge in [-0.15, -0.1) is 0 Å². The quantitative estimate of drug-likeness (QED) is 0.414. The number of benzene rings is 1. The highest BCUT2D eigenvalue weighted by molar-refractivity contribution is 5.80. The van der Waals surface area contributed by atoms with Crippen molar-refractivity contribution in [2.75, 3.05) is 52.9 Å². The Morgan fingerprint density at radius 2 is 1.97 bits per heavy atom. The molecule has 1 unspecified atom stereocenters. The van der Waals surface area contributed by atoms with E-state index in [-0.39, 0.29) is 11.6 Å². The summed E-state index contributed by atoms with van der Waals surface area (Å²) in [5.41, 5.74) is 1.27. The molecule has 6 nitrogen and oxygen atoms in total. The Balaban J connectivity index is 1.36. The number of hydrogen-bond acceptors (Lipinski definition) is 4. The second kappa shape index (κ2) is 10.7. The summed E-state index contributed by atoms with van der Waals surface area (Å²) in [6.07, 6.45) is 8.28. The lowest BCUT2D eigenvalue weighted by molar-refractivity contribution is 0.0396. The highest BCUT2D eigenvalue weighted by atomic mass is 16.5. The SMILES string of the molecule is CCNC(=NCCCN1CCCN(C)CC1)NC1CC2(CCCC2)Oc2ccccc21. The monoisotopic (exact) mass is 427 g/mol. The minimum Gasteiger partial charge on any atom is -0.487 e. The van der Waals surface area contributed by atoms with E-state index in [4.69, 9.17) is 9.73 Å². The Labute approximate surface area is 188 Å². The molecule has 1 aliphatic carbocycles. The third-order valence-electron chi connectivity index (χ3n) is 7.08. The zero-order valence-electron chi connectivity index (χ0n) is 19.5. The van der Waals surface area contributed by atoms with Crippen molar-refractivity contribution >= 4 is 5.96 Å². The zero-order chi connectivity index (χ0) is 21.5. The molecule has 1 saturated carbocycles. The molecule has 6 heteroatoms. The third kappa shape index (κ3) is 5.92. The topological polar surface area (TPSA) is 52.1 Å². The predicted octanol–water partition coefficient (Wildman–Crippen LogP) is 3.41. The van der Waals surface area contributed by atoms with Crippen LogP contribution in [0.25, 0.3) is 0 Å². The number of nitrogens with zero attached hydrogens (tertiary/aromatic N) is 3. The fourth-order valence-electron chi connectivity index (χ4n) is 5.37. The van der Waals surface area contributed by atoms with E-state index in [2.05, 4.69) is 58.7 Å². The average Bonchev–Trinajstić information content (AvgIpc) is 3.10. The summed E-state index contributed by atoms with van der Waals surface area (Å²) in [5.74, 6) is 1.99. The van der Waals surface area contributed by atoms with Gasteiger partial charge in [0.25, 0.3) is 0 Å². The minimum atomic E-state index is 0.00325. The summed E-state index contributed by atoms with van der Waals surface area (Å²) in [6.45, 7) is 9.81. The van der Waals surface area contributed by atoms with E-state index in [1.165, 1.54) is 51.0 Å². The molecule has 2 N–H and O–H groups in total. The molecule has 0 bridgehead atoms. The van der Waals surface area contributed by atoms with E-state index in [1.807, 2.05) is 0 Å². The Hall–Kier alpha value is -1.79. The summed E-state index contributed by atoms with van der Waals surface area (Å²) < 4.78 is 6.53. The van der Waals surface area contributed by atoms with Gasteiger partial charge in [-0.05, 0) is 78.2 Å². The van der Waals surface area contributed by atoms with Crippen molar-refractivity contribution in [1.82, 2.24) is 20.4 Å². The molecule has 1 saturated heterocycles. The third-order valence-corrected chi connectivity index (χ3v) is 7.08. The number of para-hydroxylation sites is 1. The molecular weight excluding hydrogens is 386 g/mol. The molecule has 2 heterocycles. The van der Waals surface area contributed by atoms with E-state index in [0.717, 1.165) is 57.0 Å². The summed E-state index contributed by atoms with van der Waals surface area (Å²) in [6, 6.07) is 8.79. The number of likely N-dealkylation sites (N-methyl/N-ethyl adjacent to an activating group) is 1.